The monoisotopic (exact) mass is 309 g/mol. The summed E-state index contributed by atoms with van der Waals surface area (Å²) >= 11 is 0. The Bertz CT molecular complexity index is 670. The van der Waals surface area contributed by atoms with E-state index in [9.17, 15) is 0 Å². The second-order valence-corrected chi connectivity index (χ2v) is 4.37. The van der Waals surface area contributed by atoms with E-state index in [1.807, 2.05) is 24.3 Å². The summed E-state index contributed by atoms with van der Waals surface area (Å²) < 4.78 is 0. The zero-order chi connectivity index (χ0) is 12.5. The number of pyridine rings is 1. The van der Waals surface area contributed by atoms with Gasteiger partial charge in [-0.1, -0.05) is 36.4 Å². The lowest BCUT2D eigenvalue weighted by molar-refractivity contribution is 1.07. The average Bonchev–Trinajstić information content (AvgIpc) is 2.43. The van der Waals surface area contributed by atoms with Crippen molar-refractivity contribution in [3.05, 3.63) is 53.6 Å². The van der Waals surface area contributed by atoms with Gasteiger partial charge in [-0.05, 0) is 17.2 Å². The summed E-state index contributed by atoms with van der Waals surface area (Å²) in [5.41, 5.74) is 15.6. The summed E-state index contributed by atoms with van der Waals surface area (Å²) in [4.78, 5) is 4.76. The fourth-order valence-electron chi connectivity index (χ4n) is 2.34. The molecule has 0 spiro atoms. The van der Waals surface area contributed by atoms with Crippen molar-refractivity contribution in [3.63, 3.8) is 0 Å². The number of halogens is 2. The number of hydrogen-bond donors (Lipinski definition) is 2. The minimum atomic E-state index is 0. The average molecular weight is 310 g/mol. The second-order valence-electron chi connectivity index (χ2n) is 4.37. The maximum Gasteiger partial charge on any atom is 0.0754 e. The van der Waals surface area contributed by atoms with Gasteiger partial charge >= 0.3 is 0 Å². The van der Waals surface area contributed by atoms with Crippen LogP contribution in [0.2, 0.25) is 0 Å². The lowest BCUT2D eigenvalue weighted by atomic mass is 10.0. The molecule has 0 aliphatic carbocycles. The third-order valence-corrected chi connectivity index (χ3v) is 3.28. The molecule has 1 aromatic heterocycles. The van der Waals surface area contributed by atoms with Gasteiger partial charge in [0.1, 0.15) is 0 Å². The molecule has 0 fully saturated rings. The molecule has 4 N–H and O–H groups in total. The van der Waals surface area contributed by atoms with E-state index in [4.69, 9.17) is 16.5 Å². The number of hydrogen-bond acceptors (Lipinski definition) is 3. The molecule has 106 valence electrons. The van der Waals surface area contributed by atoms with Gasteiger partial charge in [0.15, 0.2) is 0 Å². The number of para-hydroxylation sites is 2. The first kappa shape index (κ1) is 16.7. The number of nitrogens with two attached hydrogens (primary N) is 2. The fraction of sp³-hybridized carbons (Fsp3) is 0.133. The first-order valence-corrected chi connectivity index (χ1v) is 6.04. The van der Waals surface area contributed by atoms with Gasteiger partial charge in [0.05, 0.1) is 11.0 Å². The van der Waals surface area contributed by atoms with Crippen molar-refractivity contribution < 1.29 is 0 Å². The van der Waals surface area contributed by atoms with Crippen molar-refractivity contribution in [3.8, 4) is 0 Å². The highest BCUT2D eigenvalue weighted by atomic mass is 35.5. The van der Waals surface area contributed by atoms with E-state index in [1.165, 1.54) is 0 Å². The first-order chi connectivity index (χ1) is 8.83. The Morgan fingerprint density at radius 3 is 1.60 bits per heavy atom. The molecule has 20 heavy (non-hydrogen) atoms. The topological polar surface area (TPSA) is 64.9 Å². The molecule has 0 atom stereocenters. The number of fused-ring (bicyclic) bond motifs is 2. The number of rotatable bonds is 2. The van der Waals surface area contributed by atoms with Crippen molar-refractivity contribution in [2.75, 3.05) is 0 Å². The van der Waals surface area contributed by atoms with Gasteiger partial charge in [-0.15, -0.1) is 24.8 Å². The van der Waals surface area contributed by atoms with Crippen LogP contribution < -0.4 is 11.5 Å². The molecule has 0 unspecified atom stereocenters. The highest BCUT2D eigenvalue weighted by Gasteiger charge is 2.06. The van der Waals surface area contributed by atoms with Gasteiger partial charge in [0.2, 0.25) is 0 Å². The Kier molecular flexibility index (Phi) is 5.72. The van der Waals surface area contributed by atoms with Gasteiger partial charge in [-0.2, -0.15) is 0 Å². The predicted molar refractivity (Wildman–Crippen MR) is 89.5 cm³/mol. The van der Waals surface area contributed by atoms with Gasteiger partial charge in [-0.3, -0.25) is 0 Å². The van der Waals surface area contributed by atoms with Crippen LogP contribution in [-0.4, -0.2) is 4.98 Å². The maximum atomic E-state index is 5.77. The van der Waals surface area contributed by atoms with Crippen LogP contribution in [0.1, 0.15) is 11.1 Å². The van der Waals surface area contributed by atoms with Crippen molar-refractivity contribution in [1.82, 2.24) is 4.98 Å². The van der Waals surface area contributed by atoms with Gasteiger partial charge in [0.25, 0.3) is 0 Å². The summed E-state index contributed by atoms with van der Waals surface area (Å²) in [5.74, 6) is 0. The molecule has 2 aromatic carbocycles. The summed E-state index contributed by atoms with van der Waals surface area (Å²) in [7, 11) is 0. The van der Waals surface area contributed by atoms with E-state index in [0.717, 1.165) is 32.9 Å². The normalized spacial score (nSPS) is 10.1. The molecule has 1 heterocycles. The van der Waals surface area contributed by atoms with Crippen LogP contribution in [-0.2, 0) is 13.1 Å². The molecule has 3 aromatic rings. The van der Waals surface area contributed by atoms with E-state index in [2.05, 4.69) is 18.2 Å². The Balaban J connectivity index is 0.000001000. The predicted octanol–water partition coefficient (Wildman–Crippen LogP) is 3.15. The fourth-order valence-corrected chi connectivity index (χ4v) is 2.34. The van der Waals surface area contributed by atoms with E-state index in [0.29, 0.717) is 13.1 Å². The molecule has 0 saturated carbocycles. The SMILES string of the molecule is Cl.Cl.NCc1cccc2cc3cccc(CN)c3nc12. The van der Waals surface area contributed by atoms with Crippen LogP contribution in [0.5, 0.6) is 0 Å². The quantitative estimate of drug-likeness (QED) is 0.715. The standard InChI is InChI=1S/C15H15N3.2ClH/c16-8-12-5-1-3-10-7-11-4-2-6-13(9-17)15(11)18-14(10)12;;/h1-7H,8-9,16-17H2;2*1H. The Hall–Kier alpha value is -1.39. The number of aromatic nitrogens is 1. The molecular formula is C15H17Cl2N3. The maximum absolute atomic E-state index is 5.77. The molecular weight excluding hydrogens is 293 g/mol. The largest absolute Gasteiger partial charge is 0.326 e. The van der Waals surface area contributed by atoms with E-state index >= 15 is 0 Å². The van der Waals surface area contributed by atoms with Gasteiger partial charge in [0, 0.05) is 23.9 Å². The van der Waals surface area contributed by atoms with Gasteiger partial charge in [-0.25, -0.2) is 4.98 Å². The first-order valence-electron chi connectivity index (χ1n) is 6.04. The van der Waals surface area contributed by atoms with Crippen molar-refractivity contribution in [1.29, 1.82) is 0 Å². The molecule has 0 aliphatic heterocycles. The molecule has 0 bridgehead atoms. The lowest BCUT2D eigenvalue weighted by Gasteiger charge is -2.08. The molecule has 5 heteroatoms. The number of benzene rings is 2. The Morgan fingerprint density at radius 1 is 0.750 bits per heavy atom. The van der Waals surface area contributed by atoms with Crippen molar-refractivity contribution in [2.45, 2.75) is 13.1 Å². The molecule has 0 saturated heterocycles. The van der Waals surface area contributed by atoms with Crippen LogP contribution in [0.15, 0.2) is 42.5 Å². The molecule has 0 aliphatic rings. The Morgan fingerprint density at radius 2 is 1.20 bits per heavy atom. The van der Waals surface area contributed by atoms with E-state index in [-0.39, 0.29) is 24.8 Å². The highest BCUT2D eigenvalue weighted by Crippen LogP contribution is 2.24. The van der Waals surface area contributed by atoms with Crippen LogP contribution >= 0.6 is 24.8 Å². The van der Waals surface area contributed by atoms with Crippen LogP contribution in [0.25, 0.3) is 21.8 Å². The molecule has 3 nitrogen and oxygen atoms in total. The van der Waals surface area contributed by atoms with Crippen LogP contribution in [0, 0.1) is 0 Å². The third kappa shape index (κ3) is 2.72. The van der Waals surface area contributed by atoms with E-state index in [1.54, 1.807) is 0 Å². The van der Waals surface area contributed by atoms with Crippen molar-refractivity contribution >= 4 is 46.6 Å². The minimum absolute atomic E-state index is 0. The van der Waals surface area contributed by atoms with Crippen LogP contribution in [0.4, 0.5) is 0 Å². The minimum Gasteiger partial charge on any atom is -0.326 e. The summed E-state index contributed by atoms with van der Waals surface area (Å²) in [6.45, 7) is 1.00. The van der Waals surface area contributed by atoms with E-state index < -0.39 is 0 Å². The van der Waals surface area contributed by atoms with Crippen molar-refractivity contribution in [2.24, 2.45) is 11.5 Å². The summed E-state index contributed by atoms with van der Waals surface area (Å²) in [6, 6.07) is 14.4. The molecule has 0 radical (unpaired) electrons. The third-order valence-electron chi connectivity index (χ3n) is 3.28. The number of nitrogens with zero attached hydrogens (tertiary/aromatic N) is 1. The molecule has 3 rings (SSSR count). The molecule has 0 amide bonds. The van der Waals surface area contributed by atoms with Gasteiger partial charge < -0.3 is 11.5 Å². The summed E-state index contributed by atoms with van der Waals surface area (Å²) in [6.07, 6.45) is 0. The smallest absolute Gasteiger partial charge is 0.0754 e. The summed E-state index contributed by atoms with van der Waals surface area (Å²) in [5, 5.41) is 2.25. The highest BCUT2D eigenvalue weighted by molar-refractivity contribution is 5.95. The van der Waals surface area contributed by atoms with Crippen LogP contribution in [0.3, 0.4) is 0 Å². The Labute approximate surface area is 130 Å². The zero-order valence-corrected chi connectivity index (χ0v) is 12.5. The lowest BCUT2D eigenvalue weighted by Crippen LogP contribution is -2.01. The second kappa shape index (κ2) is 6.86. The zero-order valence-electron chi connectivity index (χ0n) is 10.9.